The molecule has 66 valence electrons. The number of rotatable bonds is 2. The van der Waals surface area contributed by atoms with Gasteiger partial charge in [0.15, 0.2) is 0 Å². The van der Waals surface area contributed by atoms with Gasteiger partial charge >= 0.3 is 0 Å². The van der Waals surface area contributed by atoms with Crippen LogP contribution in [0.3, 0.4) is 0 Å². The van der Waals surface area contributed by atoms with Gasteiger partial charge in [-0.25, -0.2) is 0 Å². The molecule has 0 unspecified atom stereocenters. The molecule has 0 saturated carbocycles. The Balaban J connectivity index is 2.41. The topological polar surface area (TPSA) is 21.7 Å². The summed E-state index contributed by atoms with van der Waals surface area (Å²) in [7, 11) is 3.82. The zero-order valence-electron chi connectivity index (χ0n) is 7.59. The highest BCUT2D eigenvalue weighted by molar-refractivity contribution is 4.81. The molecule has 0 spiro atoms. The molecule has 0 N–H and O–H groups in total. The number of methoxy groups -OCH3 is 1. The van der Waals surface area contributed by atoms with Crippen molar-refractivity contribution in [2.75, 3.05) is 40.5 Å². The van der Waals surface area contributed by atoms with Gasteiger partial charge < -0.3 is 14.4 Å². The van der Waals surface area contributed by atoms with Crippen LogP contribution in [0.5, 0.6) is 0 Å². The molecular formula is C8H17NO2. The number of hydrogen-bond donors (Lipinski definition) is 0. The maximum Gasteiger partial charge on any atom is 0.101 e. The zero-order valence-corrected chi connectivity index (χ0v) is 7.59. The number of nitrogens with zero attached hydrogens (tertiary/aromatic N) is 1. The molecule has 1 fully saturated rings. The van der Waals surface area contributed by atoms with E-state index in [2.05, 4.69) is 18.9 Å². The molecule has 1 rings (SSSR count). The van der Waals surface area contributed by atoms with E-state index in [4.69, 9.17) is 9.47 Å². The summed E-state index contributed by atoms with van der Waals surface area (Å²) in [5, 5.41) is 0. The molecular weight excluding hydrogens is 142 g/mol. The van der Waals surface area contributed by atoms with E-state index in [0.29, 0.717) is 6.61 Å². The van der Waals surface area contributed by atoms with Crippen LogP contribution in [-0.4, -0.2) is 51.0 Å². The first-order chi connectivity index (χ1) is 5.16. The van der Waals surface area contributed by atoms with Gasteiger partial charge in [0.05, 0.1) is 13.2 Å². The van der Waals surface area contributed by atoms with Gasteiger partial charge in [-0.15, -0.1) is 0 Å². The summed E-state index contributed by atoms with van der Waals surface area (Å²) < 4.78 is 10.7. The zero-order chi connectivity index (χ0) is 8.32. The molecule has 1 aliphatic rings. The summed E-state index contributed by atoms with van der Waals surface area (Å²) in [6.45, 7) is 5.57. The van der Waals surface area contributed by atoms with Crippen molar-refractivity contribution in [1.82, 2.24) is 4.90 Å². The van der Waals surface area contributed by atoms with E-state index < -0.39 is 0 Å². The molecule has 0 bridgehead atoms. The molecule has 1 aliphatic heterocycles. The third kappa shape index (κ3) is 2.43. The molecule has 1 heterocycles. The van der Waals surface area contributed by atoms with Gasteiger partial charge in [0.2, 0.25) is 0 Å². The third-order valence-corrected chi connectivity index (χ3v) is 1.98. The molecule has 0 aromatic heterocycles. The van der Waals surface area contributed by atoms with Crippen molar-refractivity contribution >= 4 is 0 Å². The summed E-state index contributed by atoms with van der Waals surface area (Å²) in [6.07, 6.45) is 0. The van der Waals surface area contributed by atoms with Gasteiger partial charge in [0.25, 0.3) is 0 Å². The van der Waals surface area contributed by atoms with E-state index in [-0.39, 0.29) is 5.60 Å². The van der Waals surface area contributed by atoms with E-state index in [1.54, 1.807) is 7.11 Å². The molecule has 0 aromatic rings. The molecule has 1 saturated heterocycles. The van der Waals surface area contributed by atoms with Gasteiger partial charge in [-0.2, -0.15) is 0 Å². The van der Waals surface area contributed by atoms with Gasteiger partial charge in [0.1, 0.15) is 5.60 Å². The Labute approximate surface area is 68.3 Å². The molecule has 0 aliphatic carbocycles. The molecule has 0 aromatic carbocycles. The minimum Gasteiger partial charge on any atom is -0.382 e. The van der Waals surface area contributed by atoms with Crippen LogP contribution >= 0.6 is 0 Å². The third-order valence-electron chi connectivity index (χ3n) is 1.98. The van der Waals surface area contributed by atoms with Crippen molar-refractivity contribution in [3.05, 3.63) is 0 Å². The second-order valence-electron chi connectivity index (χ2n) is 3.47. The second-order valence-corrected chi connectivity index (χ2v) is 3.47. The van der Waals surface area contributed by atoms with Gasteiger partial charge in [-0.3, -0.25) is 0 Å². The van der Waals surface area contributed by atoms with E-state index in [1.165, 1.54) is 0 Å². The van der Waals surface area contributed by atoms with Crippen LogP contribution in [0.1, 0.15) is 6.92 Å². The van der Waals surface area contributed by atoms with Crippen LogP contribution in [0.4, 0.5) is 0 Å². The Bertz CT molecular complexity index is 125. The highest BCUT2D eigenvalue weighted by atomic mass is 16.5. The Kier molecular flexibility index (Phi) is 2.87. The van der Waals surface area contributed by atoms with Crippen LogP contribution in [0.25, 0.3) is 0 Å². The first kappa shape index (κ1) is 8.97. The molecule has 0 amide bonds. The van der Waals surface area contributed by atoms with Gasteiger partial charge in [0, 0.05) is 20.2 Å². The minimum absolute atomic E-state index is 0.0955. The molecule has 1 atom stereocenters. The summed E-state index contributed by atoms with van der Waals surface area (Å²) >= 11 is 0. The lowest BCUT2D eigenvalue weighted by Gasteiger charge is -2.38. The fraction of sp³-hybridized carbons (Fsp3) is 1.00. The van der Waals surface area contributed by atoms with Crippen molar-refractivity contribution in [1.29, 1.82) is 0 Å². The summed E-state index contributed by atoms with van der Waals surface area (Å²) in [5.41, 5.74) is -0.0955. The Morgan fingerprint density at radius 3 is 2.91 bits per heavy atom. The summed E-state index contributed by atoms with van der Waals surface area (Å²) in [6, 6.07) is 0. The van der Waals surface area contributed by atoms with Gasteiger partial charge in [-0.1, -0.05) is 0 Å². The average Bonchev–Trinajstić information content (AvgIpc) is 1.86. The number of likely N-dealkylation sites (N-methyl/N-ethyl adjacent to an activating group) is 1. The Hall–Kier alpha value is -0.120. The number of ether oxygens (including phenoxy) is 2. The summed E-state index contributed by atoms with van der Waals surface area (Å²) in [4.78, 5) is 2.27. The summed E-state index contributed by atoms with van der Waals surface area (Å²) in [5.74, 6) is 0. The Morgan fingerprint density at radius 1 is 1.64 bits per heavy atom. The predicted octanol–water partition coefficient (Wildman–Crippen LogP) is 0.354. The molecule has 11 heavy (non-hydrogen) atoms. The van der Waals surface area contributed by atoms with Crippen LogP contribution in [-0.2, 0) is 9.47 Å². The van der Waals surface area contributed by atoms with Crippen molar-refractivity contribution in [2.24, 2.45) is 0 Å². The van der Waals surface area contributed by atoms with Crippen LogP contribution < -0.4 is 0 Å². The SMILES string of the molecule is COC[C@]1(C)CN(C)CCO1. The largest absolute Gasteiger partial charge is 0.382 e. The maximum absolute atomic E-state index is 5.61. The predicted molar refractivity (Wildman–Crippen MR) is 43.7 cm³/mol. The number of morpholine rings is 1. The van der Waals surface area contributed by atoms with E-state index >= 15 is 0 Å². The first-order valence-electron chi connectivity index (χ1n) is 3.98. The number of hydrogen-bond acceptors (Lipinski definition) is 3. The minimum atomic E-state index is -0.0955. The van der Waals surface area contributed by atoms with Crippen molar-refractivity contribution in [3.8, 4) is 0 Å². The van der Waals surface area contributed by atoms with Gasteiger partial charge in [-0.05, 0) is 14.0 Å². The lowest BCUT2D eigenvalue weighted by atomic mass is 10.1. The fourth-order valence-electron chi connectivity index (χ4n) is 1.54. The first-order valence-corrected chi connectivity index (χ1v) is 3.98. The standard InChI is InChI=1S/C8H17NO2/c1-8(7-10-3)6-9(2)4-5-11-8/h4-7H2,1-3H3/t8-/m0/s1. The van der Waals surface area contributed by atoms with Crippen molar-refractivity contribution < 1.29 is 9.47 Å². The molecule has 0 radical (unpaired) electrons. The smallest absolute Gasteiger partial charge is 0.101 e. The normalized spacial score (nSPS) is 34.1. The van der Waals surface area contributed by atoms with E-state index in [9.17, 15) is 0 Å². The lowest BCUT2D eigenvalue weighted by Crippen LogP contribution is -2.50. The molecule has 3 heteroatoms. The Morgan fingerprint density at radius 2 is 2.36 bits per heavy atom. The van der Waals surface area contributed by atoms with Crippen LogP contribution in [0, 0.1) is 0 Å². The second kappa shape index (κ2) is 3.52. The fourth-order valence-corrected chi connectivity index (χ4v) is 1.54. The highest BCUT2D eigenvalue weighted by Crippen LogP contribution is 2.16. The quantitative estimate of drug-likeness (QED) is 0.580. The molecule has 3 nitrogen and oxygen atoms in total. The van der Waals surface area contributed by atoms with Crippen molar-refractivity contribution in [3.63, 3.8) is 0 Å². The van der Waals surface area contributed by atoms with Crippen LogP contribution in [0.15, 0.2) is 0 Å². The average molecular weight is 159 g/mol. The lowest BCUT2D eigenvalue weighted by molar-refractivity contribution is -0.123. The maximum atomic E-state index is 5.61. The van der Waals surface area contributed by atoms with E-state index in [0.717, 1.165) is 19.7 Å². The van der Waals surface area contributed by atoms with E-state index in [1.807, 2.05) is 0 Å². The highest BCUT2D eigenvalue weighted by Gasteiger charge is 2.30. The van der Waals surface area contributed by atoms with Crippen LogP contribution in [0.2, 0.25) is 0 Å². The van der Waals surface area contributed by atoms with Crippen molar-refractivity contribution in [2.45, 2.75) is 12.5 Å². The monoisotopic (exact) mass is 159 g/mol.